The number of imidazole rings is 1. The molecule has 7 nitrogen and oxygen atoms in total. The van der Waals surface area contributed by atoms with Crippen molar-refractivity contribution in [3.05, 3.63) is 22.6 Å². The Morgan fingerprint density at radius 2 is 2.25 bits per heavy atom. The van der Waals surface area contributed by atoms with Crippen LogP contribution in [0, 0.1) is 10.1 Å². The monoisotopic (exact) mass is 226 g/mol. The SMILES string of the molecule is CC(N1CCOCC1)n1cncc1[N+](=O)[O-]. The van der Waals surface area contributed by atoms with Crippen LogP contribution in [-0.4, -0.2) is 45.7 Å². The van der Waals surface area contributed by atoms with Crippen LogP contribution in [0.2, 0.25) is 0 Å². The van der Waals surface area contributed by atoms with Gasteiger partial charge >= 0.3 is 5.82 Å². The summed E-state index contributed by atoms with van der Waals surface area (Å²) in [4.78, 5) is 16.3. The molecule has 1 atom stereocenters. The lowest BCUT2D eigenvalue weighted by Gasteiger charge is -2.30. The van der Waals surface area contributed by atoms with Crippen molar-refractivity contribution in [1.29, 1.82) is 0 Å². The highest BCUT2D eigenvalue weighted by Crippen LogP contribution is 2.20. The van der Waals surface area contributed by atoms with Crippen LogP contribution in [0.1, 0.15) is 13.1 Å². The number of nitrogens with zero attached hydrogens (tertiary/aromatic N) is 4. The lowest BCUT2D eigenvalue weighted by Crippen LogP contribution is -2.40. The van der Waals surface area contributed by atoms with Crippen LogP contribution in [0.3, 0.4) is 0 Å². The normalized spacial score (nSPS) is 19.6. The first-order chi connectivity index (χ1) is 7.70. The predicted molar refractivity (Wildman–Crippen MR) is 56.0 cm³/mol. The van der Waals surface area contributed by atoms with Crippen molar-refractivity contribution in [3.63, 3.8) is 0 Å². The van der Waals surface area contributed by atoms with Gasteiger partial charge in [-0.25, -0.2) is 4.98 Å². The van der Waals surface area contributed by atoms with Gasteiger partial charge in [0.15, 0.2) is 12.5 Å². The number of rotatable bonds is 3. The molecule has 0 radical (unpaired) electrons. The molecule has 1 fully saturated rings. The summed E-state index contributed by atoms with van der Waals surface area (Å²) >= 11 is 0. The third-order valence-corrected chi connectivity index (χ3v) is 2.81. The number of nitro groups is 1. The molecule has 7 heteroatoms. The maximum Gasteiger partial charge on any atom is 0.343 e. The van der Waals surface area contributed by atoms with E-state index in [0.717, 1.165) is 13.1 Å². The average Bonchev–Trinajstić information content (AvgIpc) is 2.78. The van der Waals surface area contributed by atoms with Crippen LogP contribution in [0.4, 0.5) is 5.82 Å². The molecule has 16 heavy (non-hydrogen) atoms. The fraction of sp³-hybridized carbons (Fsp3) is 0.667. The highest BCUT2D eigenvalue weighted by Gasteiger charge is 2.25. The molecule has 0 spiro atoms. The molecule has 0 bridgehead atoms. The summed E-state index contributed by atoms with van der Waals surface area (Å²) in [5.41, 5.74) is 0. The third kappa shape index (κ3) is 2.05. The first kappa shape index (κ1) is 11.0. The van der Waals surface area contributed by atoms with Gasteiger partial charge in [-0.3, -0.25) is 4.90 Å². The van der Waals surface area contributed by atoms with Gasteiger partial charge in [0.05, 0.1) is 13.2 Å². The number of hydrogen-bond acceptors (Lipinski definition) is 5. The minimum Gasteiger partial charge on any atom is -0.379 e. The van der Waals surface area contributed by atoms with Crippen molar-refractivity contribution in [2.45, 2.75) is 13.1 Å². The molecule has 0 amide bonds. The van der Waals surface area contributed by atoms with Crippen molar-refractivity contribution >= 4 is 5.82 Å². The minimum absolute atomic E-state index is 0.0268. The van der Waals surface area contributed by atoms with Gasteiger partial charge in [0.2, 0.25) is 0 Å². The van der Waals surface area contributed by atoms with Crippen LogP contribution in [0.5, 0.6) is 0 Å². The van der Waals surface area contributed by atoms with E-state index < -0.39 is 4.92 Å². The van der Waals surface area contributed by atoms with Crippen LogP contribution in [0.25, 0.3) is 0 Å². The van der Waals surface area contributed by atoms with Gasteiger partial charge in [-0.05, 0) is 11.8 Å². The zero-order chi connectivity index (χ0) is 11.5. The Balaban J connectivity index is 2.15. The molecule has 1 unspecified atom stereocenters. The number of hydrogen-bond donors (Lipinski definition) is 0. The van der Waals surface area contributed by atoms with Crippen molar-refractivity contribution in [3.8, 4) is 0 Å². The van der Waals surface area contributed by atoms with E-state index in [1.807, 2.05) is 6.92 Å². The van der Waals surface area contributed by atoms with Gasteiger partial charge in [0, 0.05) is 13.1 Å². The summed E-state index contributed by atoms with van der Waals surface area (Å²) < 4.78 is 6.82. The Bertz CT molecular complexity index is 373. The summed E-state index contributed by atoms with van der Waals surface area (Å²) in [6, 6.07) is 0. The van der Waals surface area contributed by atoms with Gasteiger partial charge in [0.25, 0.3) is 0 Å². The zero-order valence-corrected chi connectivity index (χ0v) is 9.07. The lowest BCUT2D eigenvalue weighted by atomic mass is 10.3. The van der Waals surface area contributed by atoms with Crippen LogP contribution < -0.4 is 0 Å². The fourth-order valence-corrected chi connectivity index (χ4v) is 1.85. The van der Waals surface area contributed by atoms with E-state index in [2.05, 4.69) is 9.88 Å². The summed E-state index contributed by atoms with van der Waals surface area (Å²) in [6.45, 7) is 4.85. The molecule has 2 heterocycles. The van der Waals surface area contributed by atoms with Crippen molar-refractivity contribution in [1.82, 2.24) is 14.5 Å². The summed E-state index contributed by atoms with van der Waals surface area (Å²) in [5.74, 6) is 0.0268. The standard InChI is InChI=1S/C9H14N4O3/c1-8(11-2-4-16-5-3-11)12-7-10-6-9(12)13(14)15/h6-8H,2-5H2,1H3. The zero-order valence-electron chi connectivity index (χ0n) is 9.07. The summed E-state index contributed by atoms with van der Waals surface area (Å²) in [5, 5.41) is 10.8. The number of ether oxygens (including phenoxy) is 1. The van der Waals surface area contributed by atoms with Gasteiger partial charge in [-0.15, -0.1) is 0 Å². The molecule has 0 N–H and O–H groups in total. The van der Waals surface area contributed by atoms with Crippen molar-refractivity contribution in [2.75, 3.05) is 26.3 Å². The Labute approximate surface area is 92.8 Å². The Morgan fingerprint density at radius 3 is 2.88 bits per heavy atom. The topological polar surface area (TPSA) is 73.4 Å². The molecular formula is C9H14N4O3. The maximum absolute atomic E-state index is 10.8. The molecule has 1 aliphatic rings. The Kier molecular flexibility index (Phi) is 3.16. The van der Waals surface area contributed by atoms with Crippen molar-refractivity contribution in [2.24, 2.45) is 0 Å². The molecule has 0 aliphatic carbocycles. The predicted octanol–water partition coefficient (Wildman–Crippen LogP) is 0.642. The molecular weight excluding hydrogens is 212 g/mol. The number of morpholine rings is 1. The van der Waals surface area contributed by atoms with E-state index in [0.29, 0.717) is 13.2 Å². The van der Waals surface area contributed by atoms with Crippen LogP contribution in [-0.2, 0) is 4.74 Å². The third-order valence-electron chi connectivity index (χ3n) is 2.81. The minimum atomic E-state index is -0.413. The molecule has 1 aromatic rings. The fourth-order valence-electron chi connectivity index (χ4n) is 1.85. The van der Waals surface area contributed by atoms with E-state index in [-0.39, 0.29) is 12.0 Å². The summed E-state index contributed by atoms with van der Waals surface area (Å²) in [6.07, 6.45) is 2.71. The van der Waals surface area contributed by atoms with E-state index in [1.165, 1.54) is 12.5 Å². The van der Waals surface area contributed by atoms with Gasteiger partial charge < -0.3 is 14.9 Å². The van der Waals surface area contributed by atoms with Crippen molar-refractivity contribution < 1.29 is 9.66 Å². The molecule has 0 saturated carbocycles. The smallest absolute Gasteiger partial charge is 0.343 e. The molecule has 1 aromatic heterocycles. The molecule has 1 aliphatic heterocycles. The Morgan fingerprint density at radius 1 is 1.56 bits per heavy atom. The van der Waals surface area contributed by atoms with E-state index >= 15 is 0 Å². The van der Waals surface area contributed by atoms with Gasteiger partial charge in [0.1, 0.15) is 6.20 Å². The molecule has 1 saturated heterocycles. The van der Waals surface area contributed by atoms with Crippen LogP contribution >= 0.6 is 0 Å². The maximum atomic E-state index is 10.8. The average molecular weight is 226 g/mol. The highest BCUT2D eigenvalue weighted by molar-refractivity contribution is 5.15. The number of aromatic nitrogens is 2. The summed E-state index contributed by atoms with van der Waals surface area (Å²) in [7, 11) is 0. The van der Waals surface area contributed by atoms with Crippen LogP contribution in [0.15, 0.2) is 12.5 Å². The first-order valence-electron chi connectivity index (χ1n) is 5.18. The lowest BCUT2D eigenvalue weighted by molar-refractivity contribution is -0.393. The Hall–Kier alpha value is -1.47. The second kappa shape index (κ2) is 4.58. The largest absolute Gasteiger partial charge is 0.379 e. The van der Waals surface area contributed by atoms with E-state index in [1.54, 1.807) is 4.57 Å². The molecule has 88 valence electrons. The van der Waals surface area contributed by atoms with Gasteiger partial charge in [-0.1, -0.05) is 0 Å². The first-order valence-corrected chi connectivity index (χ1v) is 5.18. The second-order valence-electron chi connectivity index (χ2n) is 3.70. The highest BCUT2D eigenvalue weighted by atomic mass is 16.6. The molecule has 0 aromatic carbocycles. The second-order valence-corrected chi connectivity index (χ2v) is 3.70. The quantitative estimate of drug-likeness (QED) is 0.558. The van der Waals surface area contributed by atoms with E-state index in [9.17, 15) is 10.1 Å². The van der Waals surface area contributed by atoms with Gasteiger partial charge in [-0.2, -0.15) is 4.57 Å². The van der Waals surface area contributed by atoms with E-state index in [4.69, 9.17) is 4.74 Å². The molecule has 2 rings (SSSR count).